The maximum Gasteiger partial charge on any atom is 0.193 e. The Morgan fingerprint density at radius 3 is 2.67 bits per heavy atom. The number of likely N-dealkylation sites (tertiary alicyclic amines) is 1. The lowest BCUT2D eigenvalue weighted by Gasteiger charge is -2.32. The van der Waals surface area contributed by atoms with Gasteiger partial charge in [0.25, 0.3) is 0 Å². The summed E-state index contributed by atoms with van der Waals surface area (Å²) in [6.45, 7) is 11.5. The summed E-state index contributed by atoms with van der Waals surface area (Å²) < 4.78 is 5.68. The van der Waals surface area contributed by atoms with Gasteiger partial charge in [0, 0.05) is 44.7 Å². The van der Waals surface area contributed by atoms with Gasteiger partial charge in [-0.25, -0.2) is 0 Å². The molecule has 150 valence electrons. The molecule has 1 aromatic carbocycles. The summed E-state index contributed by atoms with van der Waals surface area (Å²) >= 11 is 0. The molecule has 27 heavy (non-hydrogen) atoms. The summed E-state index contributed by atoms with van der Waals surface area (Å²) in [6.07, 6.45) is 3.47. The molecule has 2 atom stereocenters. The highest BCUT2D eigenvalue weighted by atomic mass is 16.5. The summed E-state index contributed by atoms with van der Waals surface area (Å²) in [5.74, 6) is 1.05. The van der Waals surface area contributed by atoms with Crippen molar-refractivity contribution in [1.29, 1.82) is 0 Å². The van der Waals surface area contributed by atoms with Gasteiger partial charge in [-0.1, -0.05) is 44.2 Å². The molecular weight excluding hydrogens is 336 g/mol. The minimum absolute atomic E-state index is 0.361. The lowest BCUT2D eigenvalue weighted by atomic mass is 9.87. The molecule has 2 unspecified atom stereocenters. The largest absolute Gasteiger partial charge is 0.381 e. The Morgan fingerprint density at radius 2 is 2.04 bits per heavy atom. The lowest BCUT2D eigenvalue weighted by Crippen LogP contribution is -2.49. The molecule has 5 heteroatoms. The van der Waals surface area contributed by atoms with Gasteiger partial charge in [-0.05, 0) is 37.9 Å². The van der Waals surface area contributed by atoms with Crippen molar-refractivity contribution in [2.24, 2.45) is 10.4 Å². The molecule has 2 aliphatic rings. The highest BCUT2D eigenvalue weighted by Gasteiger charge is 2.42. The fourth-order valence-electron chi connectivity index (χ4n) is 4.59. The molecule has 2 aliphatic heterocycles. The number of likely N-dealkylation sites (N-methyl/N-ethyl adjacent to an activating group) is 1. The predicted molar refractivity (Wildman–Crippen MR) is 112 cm³/mol. The standard InChI is InChI=1S/C22H36N4O/c1-4-25(5-2)20(15-19-9-7-6-8-10-19)16-24-21(23-3)26-13-11-22(17-26)12-14-27-18-22/h6-10,20H,4-5,11-18H2,1-3H3,(H,23,24). The monoisotopic (exact) mass is 372 g/mol. The average Bonchev–Trinajstić information content (AvgIpc) is 3.34. The third kappa shape index (κ3) is 5.02. The molecule has 1 N–H and O–H groups in total. The quantitative estimate of drug-likeness (QED) is 0.590. The van der Waals surface area contributed by atoms with Crippen LogP contribution in [-0.2, 0) is 11.2 Å². The van der Waals surface area contributed by atoms with Gasteiger partial charge >= 0.3 is 0 Å². The van der Waals surface area contributed by atoms with Gasteiger partial charge < -0.3 is 15.0 Å². The Balaban J connectivity index is 1.61. The molecule has 0 aromatic heterocycles. The normalized spacial score (nSPS) is 24.1. The van der Waals surface area contributed by atoms with Crippen molar-refractivity contribution in [2.45, 2.75) is 39.2 Å². The summed E-state index contributed by atoms with van der Waals surface area (Å²) in [5, 5.41) is 3.68. The number of hydrogen-bond acceptors (Lipinski definition) is 3. The number of ether oxygens (including phenoxy) is 1. The van der Waals surface area contributed by atoms with E-state index in [1.165, 1.54) is 18.4 Å². The van der Waals surface area contributed by atoms with Gasteiger partial charge in [-0.3, -0.25) is 9.89 Å². The molecule has 0 aliphatic carbocycles. The Hall–Kier alpha value is -1.59. The Kier molecular flexibility index (Phi) is 7.13. The van der Waals surface area contributed by atoms with Crippen LogP contribution in [0.2, 0.25) is 0 Å². The minimum atomic E-state index is 0.361. The van der Waals surface area contributed by atoms with Gasteiger partial charge in [0.1, 0.15) is 0 Å². The molecule has 0 radical (unpaired) electrons. The van der Waals surface area contributed by atoms with E-state index in [9.17, 15) is 0 Å². The first-order valence-corrected chi connectivity index (χ1v) is 10.5. The van der Waals surface area contributed by atoms with E-state index in [0.717, 1.165) is 58.3 Å². The van der Waals surface area contributed by atoms with Gasteiger partial charge in [-0.2, -0.15) is 0 Å². The van der Waals surface area contributed by atoms with Crippen molar-refractivity contribution in [2.75, 3.05) is 53.0 Å². The fraction of sp³-hybridized carbons (Fsp3) is 0.682. The molecule has 3 rings (SSSR count). The van der Waals surface area contributed by atoms with Crippen LogP contribution in [0.1, 0.15) is 32.3 Å². The number of rotatable bonds is 7. The van der Waals surface area contributed by atoms with Gasteiger partial charge in [0.2, 0.25) is 0 Å². The minimum Gasteiger partial charge on any atom is -0.381 e. The van der Waals surface area contributed by atoms with E-state index in [2.05, 4.69) is 64.3 Å². The summed E-state index contributed by atoms with van der Waals surface area (Å²) in [7, 11) is 1.90. The first-order chi connectivity index (χ1) is 13.2. The summed E-state index contributed by atoms with van der Waals surface area (Å²) in [4.78, 5) is 9.56. The van der Waals surface area contributed by atoms with E-state index in [1.54, 1.807) is 0 Å². The van der Waals surface area contributed by atoms with Crippen LogP contribution in [0.3, 0.4) is 0 Å². The highest BCUT2D eigenvalue weighted by molar-refractivity contribution is 5.80. The zero-order valence-electron chi connectivity index (χ0n) is 17.3. The molecule has 2 saturated heterocycles. The van der Waals surface area contributed by atoms with Crippen LogP contribution in [0.4, 0.5) is 0 Å². The van der Waals surface area contributed by atoms with E-state index in [0.29, 0.717) is 11.5 Å². The van der Waals surface area contributed by atoms with Crippen LogP contribution in [0.5, 0.6) is 0 Å². The molecule has 1 aromatic rings. The molecular formula is C22H36N4O. The van der Waals surface area contributed by atoms with Crippen LogP contribution in [-0.4, -0.2) is 74.8 Å². The second-order valence-electron chi connectivity index (χ2n) is 7.97. The second-order valence-corrected chi connectivity index (χ2v) is 7.97. The zero-order valence-corrected chi connectivity index (χ0v) is 17.3. The molecule has 2 fully saturated rings. The van der Waals surface area contributed by atoms with E-state index in [4.69, 9.17) is 4.74 Å². The van der Waals surface area contributed by atoms with E-state index >= 15 is 0 Å². The number of nitrogens with one attached hydrogen (secondary N) is 1. The summed E-state index contributed by atoms with van der Waals surface area (Å²) in [5.41, 5.74) is 1.76. The fourth-order valence-corrected chi connectivity index (χ4v) is 4.59. The van der Waals surface area contributed by atoms with Crippen molar-refractivity contribution in [1.82, 2.24) is 15.1 Å². The number of aliphatic imine (C=N–C) groups is 1. The SMILES string of the molecule is CCN(CC)C(CNC(=NC)N1CCC2(CCOC2)C1)Cc1ccccc1. The van der Waals surface area contributed by atoms with Crippen molar-refractivity contribution in [3.8, 4) is 0 Å². The van der Waals surface area contributed by atoms with Crippen LogP contribution in [0.25, 0.3) is 0 Å². The first kappa shape index (κ1) is 20.2. The smallest absolute Gasteiger partial charge is 0.193 e. The van der Waals surface area contributed by atoms with E-state index in [1.807, 2.05) is 7.05 Å². The number of nitrogens with zero attached hydrogens (tertiary/aromatic N) is 3. The topological polar surface area (TPSA) is 40.1 Å². The second kappa shape index (κ2) is 9.56. The molecule has 0 amide bonds. The Bertz CT molecular complexity index is 594. The van der Waals surface area contributed by atoms with Crippen molar-refractivity contribution in [3.05, 3.63) is 35.9 Å². The first-order valence-electron chi connectivity index (χ1n) is 10.5. The number of benzene rings is 1. The maximum absolute atomic E-state index is 5.68. The Labute approximate surface area is 164 Å². The van der Waals surface area contributed by atoms with Gasteiger partial charge in [0.05, 0.1) is 6.61 Å². The van der Waals surface area contributed by atoms with Crippen LogP contribution in [0.15, 0.2) is 35.3 Å². The maximum atomic E-state index is 5.68. The van der Waals surface area contributed by atoms with Crippen LogP contribution >= 0.6 is 0 Å². The number of guanidine groups is 1. The molecule has 1 spiro atoms. The van der Waals surface area contributed by atoms with Crippen LogP contribution in [0, 0.1) is 5.41 Å². The lowest BCUT2D eigenvalue weighted by molar-refractivity contribution is 0.156. The van der Waals surface area contributed by atoms with Crippen molar-refractivity contribution < 1.29 is 4.74 Å². The average molecular weight is 373 g/mol. The zero-order chi connectivity index (χ0) is 19.1. The third-order valence-corrected chi connectivity index (χ3v) is 6.27. The van der Waals surface area contributed by atoms with E-state index in [-0.39, 0.29) is 0 Å². The molecule has 2 heterocycles. The van der Waals surface area contributed by atoms with Gasteiger partial charge in [0.15, 0.2) is 5.96 Å². The van der Waals surface area contributed by atoms with Crippen molar-refractivity contribution in [3.63, 3.8) is 0 Å². The number of hydrogen-bond donors (Lipinski definition) is 1. The Morgan fingerprint density at radius 1 is 1.26 bits per heavy atom. The molecule has 0 bridgehead atoms. The summed E-state index contributed by atoms with van der Waals surface area (Å²) in [6, 6.07) is 11.3. The third-order valence-electron chi connectivity index (χ3n) is 6.27. The van der Waals surface area contributed by atoms with Gasteiger partial charge in [-0.15, -0.1) is 0 Å². The van der Waals surface area contributed by atoms with Crippen molar-refractivity contribution >= 4 is 5.96 Å². The molecule has 0 saturated carbocycles. The molecule has 5 nitrogen and oxygen atoms in total. The highest BCUT2D eigenvalue weighted by Crippen LogP contribution is 2.38. The van der Waals surface area contributed by atoms with E-state index < -0.39 is 0 Å². The van der Waals surface area contributed by atoms with Crippen LogP contribution < -0.4 is 5.32 Å². The predicted octanol–water partition coefficient (Wildman–Crippen LogP) is 2.63.